The first kappa shape index (κ1) is 25.6. The number of hydrogen-bond donors (Lipinski definition) is 0. The maximum Gasteiger partial charge on any atom is 0.192 e. The molecule has 1 unspecified atom stereocenters. The maximum atomic E-state index is 14.2. The number of benzene rings is 2. The summed E-state index contributed by atoms with van der Waals surface area (Å²) in [6, 6.07) is 18.8. The van der Waals surface area contributed by atoms with Crippen molar-refractivity contribution in [2.45, 2.75) is 88.9 Å². The molecule has 1 saturated carbocycles. The van der Waals surface area contributed by atoms with Crippen LogP contribution in [-0.2, 0) is 9.84 Å². The van der Waals surface area contributed by atoms with Crippen LogP contribution in [0.15, 0.2) is 54.6 Å². The first-order valence-corrected chi connectivity index (χ1v) is 16.2. The van der Waals surface area contributed by atoms with Gasteiger partial charge in [-0.25, -0.2) is 4.39 Å². The van der Waals surface area contributed by atoms with Crippen LogP contribution in [0.4, 0.5) is 4.39 Å². The SMILES string of the molecule is CC(C)(C)[Si](C)(C)OCC1(c2ccccc2)CCN(C(c2cccc(F)c2)C2CCCC2)CC1. The van der Waals surface area contributed by atoms with Crippen LogP contribution in [-0.4, -0.2) is 32.9 Å². The molecule has 0 radical (unpaired) electrons. The Morgan fingerprint density at radius 1 is 1.00 bits per heavy atom. The topological polar surface area (TPSA) is 12.5 Å². The van der Waals surface area contributed by atoms with Crippen molar-refractivity contribution < 1.29 is 8.82 Å². The lowest BCUT2D eigenvalue weighted by Crippen LogP contribution is -2.50. The summed E-state index contributed by atoms with van der Waals surface area (Å²) in [5, 5.41) is 0.205. The second-order valence-electron chi connectivity index (χ2n) is 12.3. The Labute approximate surface area is 208 Å². The van der Waals surface area contributed by atoms with Crippen LogP contribution >= 0.6 is 0 Å². The van der Waals surface area contributed by atoms with Crippen LogP contribution < -0.4 is 0 Å². The van der Waals surface area contributed by atoms with Crippen LogP contribution in [0.5, 0.6) is 0 Å². The average molecular weight is 482 g/mol. The normalized spacial score (nSPS) is 21.0. The van der Waals surface area contributed by atoms with Gasteiger partial charge in [-0.05, 0) is 86.1 Å². The average Bonchev–Trinajstić information content (AvgIpc) is 3.33. The lowest BCUT2D eigenvalue weighted by Gasteiger charge is -2.48. The molecule has 0 bridgehead atoms. The predicted molar refractivity (Wildman–Crippen MR) is 143 cm³/mol. The number of nitrogens with zero attached hydrogens (tertiary/aromatic N) is 1. The van der Waals surface area contributed by atoms with Gasteiger partial charge in [0.05, 0.1) is 0 Å². The minimum absolute atomic E-state index is 0.0510. The van der Waals surface area contributed by atoms with E-state index >= 15 is 0 Å². The van der Waals surface area contributed by atoms with Crippen LogP contribution in [0, 0.1) is 11.7 Å². The molecule has 1 atom stereocenters. The highest BCUT2D eigenvalue weighted by Gasteiger charge is 2.44. The Kier molecular flexibility index (Phi) is 7.71. The Bertz CT molecular complexity index is 924. The number of hydrogen-bond acceptors (Lipinski definition) is 2. The van der Waals surface area contributed by atoms with Gasteiger partial charge in [-0.2, -0.15) is 0 Å². The molecule has 4 rings (SSSR count). The fourth-order valence-electron chi connectivity index (χ4n) is 5.82. The van der Waals surface area contributed by atoms with E-state index < -0.39 is 8.32 Å². The van der Waals surface area contributed by atoms with E-state index in [4.69, 9.17) is 4.43 Å². The fraction of sp³-hybridized carbons (Fsp3) is 0.600. The van der Waals surface area contributed by atoms with E-state index in [-0.39, 0.29) is 16.3 Å². The highest BCUT2D eigenvalue weighted by atomic mass is 28.4. The molecule has 34 heavy (non-hydrogen) atoms. The maximum absolute atomic E-state index is 14.2. The molecule has 1 aliphatic carbocycles. The van der Waals surface area contributed by atoms with E-state index in [1.807, 2.05) is 6.07 Å². The highest BCUT2D eigenvalue weighted by Crippen LogP contribution is 2.45. The summed E-state index contributed by atoms with van der Waals surface area (Å²) in [7, 11) is -1.84. The molecular formula is C30H44FNOSi. The monoisotopic (exact) mass is 481 g/mol. The predicted octanol–water partition coefficient (Wildman–Crippen LogP) is 8.11. The molecule has 0 aromatic heterocycles. The van der Waals surface area contributed by atoms with Gasteiger partial charge >= 0.3 is 0 Å². The van der Waals surface area contributed by atoms with Crippen molar-refractivity contribution in [1.29, 1.82) is 0 Å². The van der Waals surface area contributed by atoms with Gasteiger partial charge in [0.1, 0.15) is 5.82 Å². The lowest BCUT2D eigenvalue weighted by atomic mass is 9.72. The summed E-state index contributed by atoms with van der Waals surface area (Å²) in [6.07, 6.45) is 7.30. The molecule has 2 aromatic carbocycles. The molecule has 186 valence electrons. The zero-order chi connectivity index (χ0) is 24.4. The van der Waals surface area contributed by atoms with E-state index in [2.05, 4.69) is 75.2 Å². The van der Waals surface area contributed by atoms with Crippen LogP contribution in [0.3, 0.4) is 0 Å². The first-order chi connectivity index (χ1) is 16.1. The molecule has 1 heterocycles. The van der Waals surface area contributed by atoms with Crippen molar-refractivity contribution in [3.8, 4) is 0 Å². The molecule has 0 spiro atoms. The highest BCUT2D eigenvalue weighted by molar-refractivity contribution is 6.74. The third-order valence-electron chi connectivity index (χ3n) is 9.09. The molecule has 0 amide bonds. The Morgan fingerprint density at radius 3 is 2.24 bits per heavy atom. The van der Waals surface area contributed by atoms with Gasteiger partial charge < -0.3 is 4.43 Å². The Morgan fingerprint density at radius 2 is 1.65 bits per heavy atom. The number of rotatable bonds is 7. The van der Waals surface area contributed by atoms with Crippen LogP contribution in [0.2, 0.25) is 18.1 Å². The molecule has 0 N–H and O–H groups in total. The molecule has 1 saturated heterocycles. The summed E-state index contributed by atoms with van der Waals surface area (Å²) in [5.74, 6) is 0.522. The zero-order valence-electron chi connectivity index (χ0n) is 21.9. The second kappa shape index (κ2) is 10.2. The molecule has 1 aliphatic heterocycles. The minimum Gasteiger partial charge on any atom is -0.416 e. The van der Waals surface area contributed by atoms with Crippen LogP contribution in [0.25, 0.3) is 0 Å². The van der Waals surface area contributed by atoms with Crippen molar-refractivity contribution in [3.05, 3.63) is 71.5 Å². The molecular weight excluding hydrogens is 437 g/mol. The van der Waals surface area contributed by atoms with Crippen molar-refractivity contribution in [3.63, 3.8) is 0 Å². The lowest BCUT2D eigenvalue weighted by molar-refractivity contribution is 0.0579. The molecule has 2 fully saturated rings. The third-order valence-corrected chi connectivity index (χ3v) is 13.6. The fourth-order valence-corrected chi connectivity index (χ4v) is 6.89. The van der Waals surface area contributed by atoms with Crippen LogP contribution in [0.1, 0.15) is 76.5 Å². The number of likely N-dealkylation sites (tertiary alicyclic amines) is 1. The quantitative estimate of drug-likeness (QED) is 0.370. The first-order valence-electron chi connectivity index (χ1n) is 13.3. The van der Waals surface area contributed by atoms with E-state index in [1.165, 1.54) is 31.2 Å². The van der Waals surface area contributed by atoms with E-state index in [0.29, 0.717) is 12.0 Å². The molecule has 2 nitrogen and oxygen atoms in total. The van der Waals surface area contributed by atoms with Gasteiger partial charge in [0.25, 0.3) is 0 Å². The summed E-state index contributed by atoms with van der Waals surface area (Å²) in [5.41, 5.74) is 2.63. The van der Waals surface area contributed by atoms with Crippen molar-refractivity contribution >= 4 is 8.32 Å². The van der Waals surface area contributed by atoms with Gasteiger partial charge in [0.2, 0.25) is 0 Å². The summed E-state index contributed by atoms with van der Waals surface area (Å²) >= 11 is 0. The zero-order valence-corrected chi connectivity index (χ0v) is 22.9. The smallest absolute Gasteiger partial charge is 0.192 e. The third kappa shape index (κ3) is 5.50. The second-order valence-corrected chi connectivity index (χ2v) is 17.1. The molecule has 4 heteroatoms. The minimum atomic E-state index is -1.84. The van der Waals surface area contributed by atoms with Crippen molar-refractivity contribution in [1.82, 2.24) is 4.90 Å². The van der Waals surface area contributed by atoms with Crippen molar-refractivity contribution in [2.75, 3.05) is 19.7 Å². The Balaban J connectivity index is 1.57. The van der Waals surface area contributed by atoms with E-state index in [9.17, 15) is 4.39 Å². The molecule has 2 aromatic rings. The molecule has 2 aliphatic rings. The van der Waals surface area contributed by atoms with Gasteiger partial charge in [-0.15, -0.1) is 0 Å². The van der Waals surface area contributed by atoms with Crippen molar-refractivity contribution in [2.24, 2.45) is 5.92 Å². The summed E-state index contributed by atoms with van der Waals surface area (Å²) < 4.78 is 21.1. The summed E-state index contributed by atoms with van der Waals surface area (Å²) in [6.45, 7) is 14.6. The van der Waals surface area contributed by atoms with Gasteiger partial charge in [0, 0.05) is 18.1 Å². The van der Waals surface area contributed by atoms with Gasteiger partial charge in [-0.1, -0.05) is 76.1 Å². The Hall–Kier alpha value is -1.49. The van der Waals surface area contributed by atoms with Gasteiger partial charge in [0.15, 0.2) is 8.32 Å². The van der Waals surface area contributed by atoms with E-state index in [0.717, 1.165) is 38.1 Å². The largest absolute Gasteiger partial charge is 0.416 e. The van der Waals surface area contributed by atoms with Gasteiger partial charge in [-0.3, -0.25) is 4.90 Å². The standard InChI is InChI=1S/C30H44FNOSi/c1-29(2,3)34(4,5)33-23-30(26-15-7-6-8-16-26)18-20-32(21-19-30)28(24-12-9-10-13-24)25-14-11-17-27(31)22-25/h6-8,11,14-17,22,24,28H,9-10,12-13,18-21,23H2,1-5H3. The summed E-state index contributed by atoms with van der Waals surface area (Å²) in [4.78, 5) is 2.66. The van der Waals surface area contributed by atoms with E-state index in [1.54, 1.807) is 12.1 Å². The number of halogens is 1. The number of piperidine rings is 1.